The van der Waals surface area contributed by atoms with Gasteiger partial charge in [0.25, 0.3) is 0 Å². The van der Waals surface area contributed by atoms with Crippen molar-refractivity contribution in [3.63, 3.8) is 0 Å². The Hall–Kier alpha value is -1.79. The monoisotopic (exact) mass is 358 g/mol. The number of nitrogens with zero attached hydrogens (tertiary/aromatic N) is 3. The van der Waals surface area contributed by atoms with Crippen LogP contribution in [-0.4, -0.2) is 51.5 Å². The first kappa shape index (κ1) is 16.4. The lowest BCUT2D eigenvalue weighted by Crippen LogP contribution is -2.60. The van der Waals surface area contributed by atoms with E-state index in [2.05, 4.69) is 19.8 Å². The zero-order valence-electron chi connectivity index (χ0n) is 15.0. The van der Waals surface area contributed by atoms with Crippen LogP contribution < -0.4 is 0 Å². The predicted octanol–water partition coefficient (Wildman–Crippen LogP) is 3.06. The van der Waals surface area contributed by atoms with Crippen LogP contribution in [0.1, 0.15) is 35.7 Å². The maximum Gasteiger partial charge on any atom is 0.126 e. The number of likely N-dealkylation sites (tertiary alicyclic amines) is 1. The van der Waals surface area contributed by atoms with E-state index in [1.165, 1.54) is 25.0 Å². The molecular formula is C20H24F2N4. The fourth-order valence-electron chi connectivity index (χ4n) is 5.54. The first-order chi connectivity index (χ1) is 12.6. The van der Waals surface area contributed by atoms with Gasteiger partial charge < -0.3 is 4.98 Å². The van der Waals surface area contributed by atoms with E-state index in [1.807, 2.05) is 6.92 Å². The van der Waals surface area contributed by atoms with E-state index in [-0.39, 0.29) is 5.92 Å². The number of piperidine rings is 3. The van der Waals surface area contributed by atoms with Crippen molar-refractivity contribution in [1.29, 1.82) is 0 Å². The third-order valence-corrected chi connectivity index (χ3v) is 6.69. The van der Waals surface area contributed by atoms with Crippen LogP contribution in [0.25, 0.3) is 0 Å². The largest absolute Gasteiger partial charge is 0.348 e. The second-order valence-electron chi connectivity index (χ2n) is 8.07. The van der Waals surface area contributed by atoms with E-state index in [4.69, 9.17) is 0 Å². The van der Waals surface area contributed by atoms with Gasteiger partial charge in [0.05, 0.1) is 12.0 Å². The summed E-state index contributed by atoms with van der Waals surface area (Å²) in [5.41, 5.74) is 2.97. The molecule has 0 saturated carbocycles. The van der Waals surface area contributed by atoms with Crippen molar-refractivity contribution in [3.8, 4) is 0 Å². The summed E-state index contributed by atoms with van der Waals surface area (Å²) in [5.74, 6) is -0.136. The molecule has 0 radical (unpaired) electrons. The number of hydrogen-bond donors (Lipinski definition) is 1. The molecule has 4 aliphatic rings. The summed E-state index contributed by atoms with van der Waals surface area (Å²) >= 11 is 0. The quantitative estimate of drug-likeness (QED) is 0.916. The highest BCUT2D eigenvalue weighted by atomic mass is 19.1. The number of aryl methyl sites for hydroxylation is 1. The summed E-state index contributed by atoms with van der Waals surface area (Å²) < 4.78 is 27.7. The lowest BCUT2D eigenvalue weighted by molar-refractivity contribution is -0.00902. The van der Waals surface area contributed by atoms with Crippen molar-refractivity contribution < 1.29 is 8.78 Å². The van der Waals surface area contributed by atoms with Crippen molar-refractivity contribution >= 4 is 0 Å². The molecule has 4 nitrogen and oxygen atoms in total. The Morgan fingerprint density at radius 1 is 1.12 bits per heavy atom. The molecular weight excluding hydrogens is 334 g/mol. The van der Waals surface area contributed by atoms with E-state index in [1.54, 1.807) is 6.33 Å². The van der Waals surface area contributed by atoms with Gasteiger partial charge in [0.1, 0.15) is 11.6 Å². The molecule has 1 N–H and O–H groups in total. The average molecular weight is 358 g/mol. The molecule has 0 amide bonds. The normalized spacial score (nSPS) is 33.6. The molecule has 2 bridgehead atoms. The number of hydrogen-bond acceptors (Lipinski definition) is 3. The van der Waals surface area contributed by atoms with Gasteiger partial charge in [-0.1, -0.05) is 0 Å². The first-order valence-electron chi connectivity index (χ1n) is 9.53. The molecule has 5 heterocycles. The maximum atomic E-state index is 13.9. The maximum absolute atomic E-state index is 13.9. The molecule has 3 atom stereocenters. The van der Waals surface area contributed by atoms with Gasteiger partial charge in [-0.25, -0.2) is 13.8 Å². The van der Waals surface area contributed by atoms with Crippen molar-refractivity contribution in [1.82, 2.24) is 19.8 Å². The molecule has 6 heteroatoms. The zero-order valence-corrected chi connectivity index (χ0v) is 15.0. The van der Waals surface area contributed by atoms with Crippen LogP contribution in [0.2, 0.25) is 0 Å². The minimum Gasteiger partial charge on any atom is -0.348 e. The number of halogens is 2. The molecule has 4 aliphatic heterocycles. The molecule has 1 aromatic carbocycles. The van der Waals surface area contributed by atoms with Gasteiger partial charge in [0, 0.05) is 42.9 Å². The number of benzene rings is 1. The van der Waals surface area contributed by atoms with Crippen molar-refractivity contribution in [3.05, 3.63) is 53.1 Å². The van der Waals surface area contributed by atoms with Gasteiger partial charge in [-0.15, -0.1) is 0 Å². The van der Waals surface area contributed by atoms with Crippen LogP contribution in [0.3, 0.4) is 0 Å². The number of aromatic nitrogens is 2. The van der Waals surface area contributed by atoms with Crippen LogP contribution in [0.15, 0.2) is 24.5 Å². The summed E-state index contributed by atoms with van der Waals surface area (Å²) in [6.07, 6.45) is 4.19. The summed E-state index contributed by atoms with van der Waals surface area (Å²) in [4.78, 5) is 12.7. The van der Waals surface area contributed by atoms with Gasteiger partial charge >= 0.3 is 0 Å². The lowest BCUT2D eigenvalue weighted by Gasteiger charge is -2.51. The Balaban J connectivity index is 1.51. The van der Waals surface area contributed by atoms with Gasteiger partial charge in [0.15, 0.2) is 0 Å². The van der Waals surface area contributed by atoms with E-state index in [9.17, 15) is 8.78 Å². The van der Waals surface area contributed by atoms with Crippen molar-refractivity contribution in [2.24, 2.45) is 5.92 Å². The van der Waals surface area contributed by atoms with Gasteiger partial charge in [-0.2, -0.15) is 0 Å². The molecule has 1 aromatic heterocycles. The van der Waals surface area contributed by atoms with Gasteiger partial charge in [0.2, 0.25) is 0 Å². The second kappa shape index (κ2) is 6.13. The van der Waals surface area contributed by atoms with Crippen LogP contribution in [0.5, 0.6) is 0 Å². The topological polar surface area (TPSA) is 35.2 Å². The van der Waals surface area contributed by atoms with Crippen LogP contribution in [0.4, 0.5) is 8.78 Å². The Morgan fingerprint density at radius 3 is 2.50 bits per heavy atom. The summed E-state index contributed by atoms with van der Waals surface area (Å²) in [6.45, 7) is 5.89. The Morgan fingerprint density at radius 2 is 1.85 bits per heavy atom. The van der Waals surface area contributed by atoms with E-state index < -0.39 is 11.6 Å². The fraction of sp³-hybridized carbons (Fsp3) is 0.550. The summed E-state index contributed by atoms with van der Waals surface area (Å²) in [7, 11) is 0. The predicted molar refractivity (Wildman–Crippen MR) is 94.7 cm³/mol. The second-order valence-corrected chi connectivity index (χ2v) is 8.07. The average Bonchev–Trinajstić information content (AvgIpc) is 3.21. The van der Waals surface area contributed by atoms with Crippen molar-refractivity contribution in [2.45, 2.75) is 44.3 Å². The number of fused-ring (bicyclic) bond motifs is 2. The van der Waals surface area contributed by atoms with Crippen LogP contribution in [0, 0.1) is 24.5 Å². The van der Waals surface area contributed by atoms with E-state index in [0.717, 1.165) is 49.2 Å². The third-order valence-electron chi connectivity index (χ3n) is 6.69. The standard InChI is InChI=1S/C20H24F2N4/c1-12-18(24-11-23-12)10-26-9-17(14-6-15(21)8-16(22)7-14)20-19(26)13-2-4-25(20)5-3-13/h6-8,11,13,17,19-20H,2-5,9-10H2,1H3,(H,23,24)/t17-,19+,20+/m1/s1. The number of rotatable bonds is 3. The lowest BCUT2D eigenvalue weighted by atomic mass is 9.75. The summed E-state index contributed by atoms with van der Waals surface area (Å²) in [5, 5.41) is 0. The highest BCUT2D eigenvalue weighted by Gasteiger charge is 2.53. The molecule has 6 rings (SSSR count). The molecule has 138 valence electrons. The summed E-state index contributed by atoms with van der Waals surface area (Å²) in [6, 6.07) is 4.82. The number of imidazole rings is 1. The minimum atomic E-state index is -0.478. The fourth-order valence-corrected chi connectivity index (χ4v) is 5.54. The van der Waals surface area contributed by atoms with Gasteiger partial charge in [-0.3, -0.25) is 9.80 Å². The molecule has 2 aromatic rings. The van der Waals surface area contributed by atoms with Crippen LogP contribution >= 0.6 is 0 Å². The third kappa shape index (κ3) is 2.58. The zero-order chi connectivity index (χ0) is 17.8. The Labute approximate surface area is 152 Å². The highest BCUT2D eigenvalue weighted by Crippen LogP contribution is 2.47. The molecule has 0 aliphatic carbocycles. The van der Waals surface area contributed by atoms with Gasteiger partial charge in [-0.05, 0) is 56.5 Å². The number of H-pyrrole nitrogens is 1. The Kier molecular flexibility index (Phi) is 3.87. The number of nitrogens with one attached hydrogen (secondary N) is 1. The molecule has 26 heavy (non-hydrogen) atoms. The highest BCUT2D eigenvalue weighted by molar-refractivity contribution is 5.29. The first-order valence-corrected chi connectivity index (χ1v) is 9.53. The molecule has 0 unspecified atom stereocenters. The molecule has 4 fully saturated rings. The SMILES string of the molecule is Cc1[nH]cnc1CN1C[C@H](c2cc(F)cc(F)c2)[C@H]2[C@@H]1C1CCN2CC1. The van der Waals surface area contributed by atoms with E-state index >= 15 is 0 Å². The molecule has 4 saturated heterocycles. The minimum absolute atomic E-state index is 0.146. The number of aromatic amines is 1. The van der Waals surface area contributed by atoms with E-state index in [0.29, 0.717) is 18.0 Å². The van der Waals surface area contributed by atoms with Crippen LogP contribution in [-0.2, 0) is 6.54 Å². The smallest absolute Gasteiger partial charge is 0.126 e. The molecule has 0 spiro atoms. The van der Waals surface area contributed by atoms with Crippen molar-refractivity contribution in [2.75, 3.05) is 19.6 Å². The Bertz CT molecular complexity index is 792.